The Labute approximate surface area is 125 Å². The maximum Gasteiger partial charge on any atom is 0.352 e. The first-order chi connectivity index (χ1) is 9.62. The van der Waals surface area contributed by atoms with Crippen LogP contribution in [0.1, 0.15) is 44.2 Å². The fourth-order valence-corrected chi connectivity index (χ4v) is 3.68. The Hall–Kier alpha value is -1.60. The SMILES string of the molecule is C=CCN(C(C)C)S(=O)(=O)c1cc(C(=O)O)n(C(C)C)c1. The molecule has 7 heteroatoms. The largest absolute Gasteiger partial charge is 0.477 e. The van der Waals surface area contributed by atoms with Gasteiger partial charge in [-0.25, -0.2) is 13.2 Å². The maximum atomic E-state index is 12.6. The number of carboxylic acids is 1. The van der Waals surface area contributed by atoms with E-state index in [1.165, 1.54) is 27.2 Å². The van der Waals surface area contributed by atoms with Crippen LogP contribution in [-0.2, 0) is 10.0 Å². The molecule has 21 heavy (non-hydrogen) atoms. The molecule has 0 fully saturated rings. The fraction of sp³-hybridized carbons (Fsp3) is 0.500. The second kappa shape index (κ2) is 6.44. The van der Waals surface area contributed by atoms with Crippen LogP contribution >= 0.6 is 0 Å². The summed E-state index contributed by atoms with van der Waals surface area (Å²) in [4.78, 5) is 11.2. The van der Waals surface area contributed by atoms with Crippen molar-refractivity contribution < 1.29 is 18.3 Å². The third kappa shape index (κ3) is 3.54. The normalized spacial score (nSPS) is 12.3. The third-order valence-corrected chi connectivity index (χ3v) is 5.10. The first-order valence-electron chi connectivity index (χ1n) is 6.70. The van der Waals surface area contributed by atoms with E-state index >= 15 is 0 Å². The highest BCUT2D eigenvalue weighted by molar-refractivity contribution is 7.89. The van der Waals surface area contributed by atoms with Crippen LogP contribution in [0.3, 0.4) is 0 Å². The van der Waals surface area contributed by atoms with E-state index in [2.05, 4.69) is 6.58 Å². The summed E-state index contributed by atoms with van der Waals surface area (Å²) in [6, 6.07) is 0.812. The highest BCUT2D eigenvalue weighted by atomic mass is 32.2. The van der Waals surface area contributed by atoms with Gasteiger partial charge < -0.3 is 9.67 Å². The first-order valence-corrected chi connectivity index (χ1v) is 8.14. The molecule has 0 atom stereocenters. The van der Waals surface area contributed by atoms with Crippen LogP contribution in [0, 0.1) is 0 Å². The Kier molecular flexibility index (Phi) is 5.36. The molecule has 0 saturated heterocycles. The van der Waals surface area contributed by atoms with E-state index < -0.39 is 16.0 Å². The van der Waals surface area contributed by atoms with Crippen molar-refractivity contribution in [3.05, 3.63) is 30.6 Å². The number of carboxylic acid groups (broad SMARTS) is 1. The molecule has 6 nitrogen and oxygen atoms in total. The standard InChI is InChI=1S/C14H22N2O4S/c1-6-7-16(11(4)5)21(19,20)12-8-13(14(17)18)15(9-12)10(2)3/h6,8-11H,1,7H2,2-5H3,(H,17,18). The highest BCUT2D eigenvalue weighted by Crippen LogP contribution is 2.23. The van der Waals surface area contributed by atoms with Gasteiger partial charge in [0.1, 0.15) is 10.6 Å². The molecule has 0 aliphatic rings. The van der Waals surface area contributed by atoms with Crippen molar-refractivity contribution in [1.29, 1.82) is 0 Å². The molecule has 1 aromatic rings. The minimum Gasteiger partial charge on any atom is -0.477 e. The number of aromatic nitrogens is 1. The lowest BCUT2D eigenvalue weighted by molar-refractivity contribution is 0.0683. The molecule has 0 unspecified atom stereocenters. The lowest BCUT2D eigenvalue weighted by Crippen LogP contribution is -2.36. The second-order valence-corrected chi connectivity index (χ2v) is 7.21. The van der Waals surface area contributed by atoms with Gasteiger partial charge in [0.05, 0.1) is 0 Å². The number of aromatic carboxylic acids is 1. The molecule has 0 spiro atoms. The third-order valence-electron chi connectivity index (χ3n) is 3.09. The quantitative estimate of drug-likeness (QED) is 0.783. The predicted octanol–water partition coefficient (Wildman–Crippen LogP) is 2.35. The number of hydrogen-bond acceptors (Lipinski definition) is 3. The van der Waals surface area contributed by atoms with E-state index in [0.29, 0.717) is 0 Å². The van der Waals surface area contributed by atoms with Gasteiger partial charge in [-0.3, -0.25) is 0 Å². The lowest BCUT2D eigenvalue weighted by atomic mass is 10.3. The van der Waals surface area contributed by atoms with Crippen LogP contribution in [-0.4, -0.2) is 41.0 Å². The molecule has 0 aliphatic carbocycles. The summed E-state index contributed by atoms with van der Waals surface area (Å²) in [5.41, 5.74) is -0.0362. The number of nitrogens with zero attached hydrogens (tertiary/aromatic N) is 2. The summed E-state index contributed by atoms with van der Waals surface area (Å²) in [6.07, 6.45) is 2.89. The molecule has 118 valence electrons. The van der Waals surface area contributed by atoms with E-state index in [1.54, 1.807) is 27.7 Å². The van der Waals surface area contributed by atoms with Crippen molar-refractivity contribution in [2.45, 2.75) is 44.7 Å². The summed E-state index contributed by atoms with van der Waals surface area (Å²) in [5.74, 6) is -1.15. The zero-order valence-corrected chi connectivity index (χ0v) is 13.6. The zero-order valence-electron chi connectivity index (χ0n) is 12.8. The second-order valence-electron chi connectivity index (χ2n) is 5.32. The van der Waals surface area contributed by atoms with E-state index in [-0.39, 0.29) is 29.2 Å². The average molecular weight is 314 g/mol. The van der Waals surface area contributed by atoms with Gasteiger partial charge in [0.2, 0.25) is 10.0 Å². The molecule has 1 heterocycles. The van der Waals surface area contributed by atoms with Gasteiger partial charge in [-0.05, 0) is 33.8 Å². The summed E-state index contributed by atoms with van der Waals surface area (Å²) in [5, 5.41) is 9.20. The predicted molar refractivity (Wildman–Crippen MR) is 81.0 cm³/mol. The minimum absolute atomic E-state index is 0.0100. The van der Waals surface area contributed by atoms with Crippen molar-refractivity contribution in [3.8, 4) is 0 Å². The molecule has 0 aromatic carbocycles. The average Bonchev–Trinajstić information content (AvgIpc) is 2.81. The Morgan fingerprint density at radius 3 is 2.33 bits per heavy atom. The van der Waals surface area contributed by atoms with Gasteiger partial charge in [-0.15, -0.1) is 6.58 Å². The van der Waals surface area contributed by atoms with Crippen LogP contribution in [0.5, 0.6) is 0 Å². The molecule has 1 N–H and O–H groups in total. The Morgan fingerprint density at radius 2 is 2.00 bits per heavy atom. The number of sulfonamides is 1. The van der Waals surface area contributed by atoms with Gasteiger partial charge in [0, 0.05) is 24.8 Å². The highest BCUT2D eigenvalue weighted by Gasteiger charge is 2.29. The monoisotopic (exact) mass is 314 g/mol. The topological polar surface area (TPSA) is 79.6 Å². The van der Waals surface area contributed by atoms with Crippen molar-refractivity contribution in [1.82, 2.24) is 8.87 Å². The fourth-order valence-electron chi connectivity index (χ4n) is 2.04. The number of rotatable bonds is 7. The molecule has 1 rings (SSSR count). The molecule has 0 bridgehead atoms. The van der Waals surface area contributed by atoms with Gasteiger partial charge >= 0.3 is 5.97 Å². The first kappa shape index (κ1) is 17.5. The Bertz CT molecular complexity index is 629. The Morgan fingerprint density at radius 1 is 1.43 bits per heavy atom. The van der Waals surface area contributed by atoms with Crippen LogP contribution in [0.15, 0.2) is 29.8 Å². The summed E-state index contributed by atoms with van der Waals surface area (Å²) < 4.78 is 28.0. The van der Waals surface area contributed by atoms with Gasteiger partial charge in [-0.2, -0.15) is 4.31 Å². The summed E-state index contributed by atoms with van der Waals surface area (Å²) in [7, 11) is -3.75. The van der Waals surface area contributed by atoms with Gasteiger partial charge in [0.15, 0.2) is 0 Å². The maximum absolute atomic E-state index is 12.6. The smallest absolute Gasteiger partial charge is 0.352 e. The van der Waals surface area contributed by atoms with Gasteiger partial charge in [0.25, 0.3) is 0 Å². The molecular formula is C14H22N2O4S. The van der Waals surface area contributed by atoms with Crippen molar-refractivity contribution in [2.75, 3.05) is 6.54 Å². The van der Waals surface area contributed by atoms with Crippen molar-refractivity contribution in [2.24, 2.45) is 0 Å². The number of carbonyl (C=O) groups is 1. The van der Waals surface area contributed by atoms with Crippen LogP contribution in [0.4, 0.5) is 0 Å². The Balaban J connectivity index is 3.41. The van der Waals surface area contributed by atoms with E-state index in [9.17, 15) is 18.3 Å². The minimum atomic E-state index is -3.75. The van der Waals surface area contributed by atoms with E-state index in [1.807, 2.05) is 0 Å². The van der Waals surface area contributed by atoms with Crippen molar-refractivity contribution >= 4 is 16.0 Å². The molecule has 0 amide bonds. The van der Waals surface area contributed by atoms with Crippen molar-refractivity contribution in [3.63, 3.8) is 0 Å². The lowest BCUT2D eigenvalue weighted by Gasteiger charge is -2.23. The molecule has 1 aromatic heterocycles. The number of hydrogen-bond donors (Lipinski definition) is 1. The summed E-state index contributed by atoms with van der Waals surface area (Å²) in [6.45, 7) is 10.9. The molecule has 0 aliphatic heterocycles. The van der Waals surface area contributed by atoms with E-state index in [0.717, 1.165) is 0 Å². The van der Waals surface area contributed by atoms with Crippen LogP contribution in [0.2, 0.25) is 0 Å². The molecular weight excluding hydrogens is 292 g/mol. The van der Waals surface area contributed by atoms with E-state index in [4.69, 9.17) is 0 Å². The molecule has 0 radical (unpaired) electrons. The van der Waals surface area contributed by atoms with Gasteiger partial charge in [-0.1, -0.05) is 6.08 Å². The zero-order chi connectivity index (χ0) is 16.4. The van der Waals surface area contributed by atoms with Crippen LogP contribution < -0.4 is 0 Å². The molecule has 0 saturated carbocycles. The summed E-state index contributed by atoms with van der Waals surface area (Å²) >= 11 is 0. The van der Waals surface area contributed by atoms with Crippen LogP contribution in [0.25, 0.3) is 0 Å².